The molecule has 1 aliphatic heterocycles. The molecule has 2 rings (SSSR count). The van der Waals surface area contributed by atoms with E-state index in [4.69, 9.17) is 5.73 Å². The van der Waals surface area contributed by atoms with Crippen LogP contribution in [0.1, 0.15) is 28.8 Å². The summed E-state index contributed by atoms with van der Waals surface area (Å²) in [6, 6.07) is 7.63. The summed E-state index contributed by atoms with van der Waals surface area (Å²) in [5.41, 5.74) is 7.09. The summed E-state index contributed by atoms with van der Waals surface area (Å²) < 4.78 is 0. The first-order chi connectivity index (χ1) is 7.77. The zero-order valence-corrected chi connectivity index (χ0v) is 9.48. The van der Waals surface area contributed by atoms with Crippen LogP contribution in [0.3, 0.4) is 0 Å². The van der Waals surface area contributed by atoms with Gasteiger partial charge in [-0.3, -0.25) is 4.79 Å². The van der Waals surface area contributed by atoms with E-state index in [1.807, 2.05) is 24.3 Å². The van der Waals surface area contributed by atoms with Gasteiger partial charge in [-0.2, -0.15) is 0 Å². The Morgan fingerprint density at radius 3 is 2.62 bits per heavy atom. The Bertz CT molecular complexity index is 370. The zero-order chi connectivity index (χ0) is 11.4. The minimum atomic E-state index is -0.322. The Kier molecular flexibility index (Phi) is 3.57. The predicted octanol–water partition coefficient (Wildman–Crippen LogP) is 1.42. The van der Waals surface area contributed by atoms with E-state index in [1.165, 1.54) is 25.9 Å². The van der Waals surface area contributed by atoms with Crippen LogP contribution in [0.5, 0.6) is 0 Å². The van der Waals surface area contributed by atoms with Gasteiger partial charge in [0.05, 0.1) is 0 Å². The molecule has 1 fully saturated rings. The normalized spacial score (nSPS) is 16.5. The number of benzene rings is 1. The molecule has 1 amide bonds. The lowest BCUT2D eigenvalue weighted by Crippen LogP contribution is -2.23. The smallest absolute Gasteiger partial charge is 0.248 e. The molecule has 0 unspecified atom stereocenters. The molecular weight excluding hydrogens is 200 g/mol. The monoisotopic (exact) mass is 218 g/mol. The highest BCUT2D eigenvalue weighted by Gasteiger charge is 2.13. The number of nitrogens with zero attached hydrogens (tertiary/aromatic N) is 1. The summed E-state index contributed by atoms with van der Waals surface area (Å²) in [5.74, 6) is -0.322. The highest BCUT2D eigenvalue weighted by atomic mass is 16.1. The third-order valence-corrected chi connectivity index (χ3v) is 3.18. The van der Waals surface area contributed by atoms with Crippen LogP contribution in [0, 0.1) is 0 Å². The maximum Gasteiger partial charge on any atom is 0.248 e. The van der Waals surface area contributed by atoms with E-state index < -0.39 is 0 Å². The Morgan fingerprint density at radius 2 is 1.94 bits per heavy atom. The third-order valence-electron chi connectivity index (χ3n) is 3.18. The molecule has 2 N–H and O–H groups in total. The standard InChI is InChI=1S/C13H18N2O/c14-13(16)12-6-2-1-5-11(12)7-10-15-8-3-4-9-15/h1-2,5-6H,3-4,7-10H2,(H2,14,16). The molecule has 3 heteroatoms. The zero-order valence-electron chi connectivity index (χ0n) is 9.48. The van der Waals surface area contributed by atoms with Gasteiger partial charge < -0.3 is 10.6 Å². The number of likely N-dealkylation sites (tertiary alicyclic amines) is 1. The summed E-state index contributed by atoms with van der Waals surface area (Å²) in [6.07, 6.45) is 3.52. The first-order valence-corrected chi connectivity index (χ1v) is 5.87. The largest absolute Gasteiger partial charge is 0.366 e. The average Bonchev–Trinajstić information content (AvgIpc) is 2.79. The van der Waals surface area contributed by atoms with Gasteiger partial charge in [0.15, 0.2) is 0 Å². The molecule has 0 atom stereocenters. The average molecular weight is 218 g/mol. The van der Waals surface area contributed by atoms with Crippen LogP contribution in [0.2, 0.25) is 0 Å². The maximum absolute atomic E-state index is 11.2. The van der Waals surface area contributed by atoms with Crippen LogP contribution in [-0.4, -0.2) is 30.4 Å². The molecule has 1 aromatic carbocycles. The molecule has 0 aromatic heterocycles. The van der Waals surface area contributed by atoms with Gasteiger partial charge in [-0.1, -0.05) is 18.2 Å². The van der Waals surface area contributed by atoms with Crippen molar-refractivity contribution in [2.75, 3.05) is 19.6 Å². The van der Waals surface area contributed by atoms with Crippen molar-refractivity contribution in [1.82, 2.24) is 4.90 Å². The third kappa shape index (κ3) is 2.61. The maximum atomic E-state index is 11.2. The number of carbonyl (C=O) groups is 1. The second-order valence-corrected chi connectivity index (χ2v) is 4.32. The van der Waals surface area contributed by atoms with Gasteiger partial charge in [0.25, 0.3) is 0 Å². The summed E-state index contributed by atoms with van der Waals surface area (Å²) >= 11 is 0. The molecule has 3 nitrogen and oxygen atoms in total. The topological polar surface area (TPSA) is 46.3 Å². The second-order valence-electron chi connectivity index (χ2n) is 4.32. The van der Waals surface area contributed by atoms with Crippen molar-refractivity contribution < 1.29 is 4.79 Å². The minimum absolute atomic E-state index is 0.322. The lowest BCUT2D eigenvalue weighted by atomic mass is 10.0. The van der Waals surface area contributed by atoms with Gasteiger partial charge in [-0.25, -0.2) is 0 Å². The fourth-order valence-corrected chi connectivity index (χ4v) is 2.26. The highest BCUT2D eigenvalue weighted by Crippen LogP contribution is 2.12. The van der Waals surface area contributed by atoms with Crippen molar-refractivity contribution in [2.45, 2.75) is 19.3 Å². The van der Waals surface area contributed by atoms with E-state index in [9.17, 15) is 4.79 Å². The van der Waals surface area contributed by atoms with E-state index in [1.54, 1.807) is 0 Å². The van der Waals surface area contributed by atoms with Gasteiger partial charge in [-0.05, 0) is 44.0 Å². The Labute approximate surface area is 96.2 Å². The Morgan fingerprint density at radius 1 is 1.25 bits per heavy atom. The van der Waals surface area contributed by atoms with Crippen molar-refractivity contribution in [1.29, 1.82) is 0 Å². The van der Waals surface area contributed by atoms with Gasteiger partial charge in [0, 0.05) is 12.1 Å². The second kappa shape index (κ2) is 5.12. The van der Waals surface area contributed by atoms with E-state index in [-0.39, 0.29) is 5.91 Å². The van der Waals surface area contributed by atoms with Gasteiger partial charge in [0.1, 0.15) is 0 Å². The summed E-state index contributed by atoms with van der Waals surface area (Å²) in [5, 5.41) is 0. The molecule has 1 aromatic rings. The van der Waals surface area contributed by atoms with Crippen molar-refractivity contribution in [3.63, 3.8) is 0 Å². The van der Waals surface area contributed by atoms with Gasteiger partial charge in [-0.15, -0.1) is 0 Å². The van der Waals surface area contributed by atoms with Crippen LogP contribution in [-0.2, 0) is 6.42 Å². The van der Waals surface area contributed by atoms with Gasteiger partial charge >= 0.3 is 0 Å². The Hall–Kier alpha value is -1.35. The van der Waals surface area contributed by atoms with Gasteiger partial charge in [0.2, 0.25) is 5.91 Å². The van der Waals surface area contributed by atoms with Crippen molar-refractivity contribution in [3.8, 4) is 0 Å². The molecule has 16 heavy (non-hydrogen) atoms. The predicted molar refractivity (Wildman–Crippen MR) is 64.3 cm³/mol. The van der Waals surface area contributed by atoms with Crippen molar-refractivity contribution in [3.05, 3.63) is 35.4 Å². The first-order valence-electron chi connectivity index (χ1n) is 5.87. The quantitative estimate of drug-likeness (QED) is 0.831. The molecule has 0 aliphatic carbocycles. The first kappa shape index (κ1) is 11.1. The molecular formula is C13H18N2O. The van der Waals surface area contributed by atoms with E-state index in [2.05, 4.69) is 4.90 Å². The summed E-state index contributed by atoms with van der Waals surface area (Å²) in [4.78, 5) is 13.7. The molecule has 1 heterocycles. The summed E-state index contributed by atoms with van der Waals surface area (Å²) in [6.45, 7) is 3.42. The fraction of sp³-hybridized carbons (Fsp3) is 0.462. The van der Waals surface area contributed by atoms with E-state index in [0.29, 0.717) is 5.56 Å². The molecule has 1 aliphatic rings. The number of nitrogens with two attached hydrogens (primary N) is 1. The number of hydrogen-bond acceptors (Lipinski definition) is 2. The number of hydrogen-bond donors (Lipinski definition) is 1. The number of amides is 1. The lowest BCUT2D eigenvalue weighted by molar-refractivity contribution is 0.0999. The van der Waals surface area contributed by atoms with Crippen molar-refractivity contribution in [2.24, 2.45) is 5.73 Å². The molecule has 1 saturated heterocycles. The molecule has 0 bridgehead atoms. The number of carbonyl (C=O) groups excluding carboxylic acids is 1. The molecule has 0 saturated carbocycles. The Balaban J connectivity index is 2.00. The van der Waals surface area contributed by atoms with Crippen LogP contribution in [0.25, 0.3) is 0 Å². The van der Waals surface area contributed by atoms with Crippen LogP contribution in [0.15, 0.2) is 24.3 Å². The number of rotatable bonds is 4. The number of primary amides is 1. The van der Waals surface area contributed by atoms with Crippen LogP contribution >= 0.6 is 0 Å². The molecule has 0 spiro atoms. The SMILES string of the molecule is NC(=O)c1ccccc1CCN1CCCC1. The van der Waals surface area contributed by atoms with Crippen molar-refractivity contribution >= 4 is 5.91 Å². The fourth-order valence-electron chi connectivity index (χ4n) is 2.26. The van der Waals surface area contributed by atoms with Crippen LogP contribution in [0.4, 0.5) is 0 Å². The van der Waals surface area contributed by atoms with Crippen LogP contribution < -0.4 is 5.73 Å². The molecule has 0 radical (unpaired) electrons. The van der Waals surface area contributed by atoms with E-state index >= 15 is 0 Å². The highest BCUT2D eigenvalue weighted by molar-refractivity contribution is 5.94. The lowest BCUT2D eigenvalue weighted by Gasteiger charge is -2.15. The summed E-state index contributed by atoms with van der Waals surface area (Å²) in [7, 11) is 0. The van der Waals surface area contributed by atoms with E-state index in [0.717, 1.165) is 18.5 Å². The molecule has 86 valence electrons. The minimum Gasteiger partial charge on any atom is -0.366 e.